The zero-order valence-corrected chi connectivity index (χ0v) is 19.9. The fraction of sp³-hybridized carbons (Fsp3) is 0.391. The van der Waals surface area contributed by atoms with Crippen LogP contribution in [0.25, 0.3) is 0 Å². The number of carbonyl (C=O) groups is 2. The molecule has 2 rings (SSSR count). The van der Waals surface area contributed by atoms with Crippen molar-refractivity contribution in [1.29, 1.82) is 0 Å². The minimum atomic E-state index is -3.97. The summed E-state index contributed by atoms with van der Waals surface area (Å²) >= 11 is 0. The predicted molar refractivity (Wildman–Crippen MR) is 123 cm³/mol. The average Bonchev–Trinajstić information content (AvgIpc) is 2.76. The third-order valence-corrected chi connectivity index (χ3v) is 6.91. The van der Waals surface area contributed by atoms with Crippen molar-refractivity contribution in [2.75, 3.05) is 5.01 Å². The highest BCUT2D eigenvalue weighted by Crippen LogP contribution is 2.19. The summed E-state index contributed by atoms with van der Waals surface area (Å²) in [6, 6.07) is 11.8. The van der Waals surface area contributed by atoms with Gasteiger partial charge in [0.1, 0.15) is 11.6 Å². The van der Waals surface area contributed by atoms with Crippen LogP contribution in [-0.4, -0.2) is 37.0 Å². The van der Waals surface area contributed by atoms with Crippen LogP contribution < -0.4 is 15.2 Å². The maximum Gasteiger partial charge on any atom is 0.270 e. The van der Waals surface area contributed by atoms with Gasteiger partial charge in [-0.15, -0.1) is 0 Å². The molecule has 0 aromatic heterocycles. The molecule has 0 saturated carbocycles. The fourth-order valence-corrected chi connectivity index (χ4v) is 4.18. The van der Waals surface area contributed by atoms with Gasteiger partial charge in [0, 0.05) is 0 Å². The van der Waals surface area contributed by atoms with Gasteiger partial charge in [-0.05, 0) is 57.9 Å². The SMILES string of the molecule is CCC(O)(CC)C(=O)NN(C(=O)[C@H](C)NS(=O)(=O)c1ccc(C)cc1)c1ccc(C)cc1. The Hall–Kier alpha value is -2.75. The molecule has 0 heterocycles. The molecular formula is C23H31N3O5S. The number of benzene rings is 2. The Balaban J connectivity index is 2.33. The number of anilines is 1. The van der Waals surface area contributed by atoms with Crippen LogP contribution in [0.2, 0.25) is 0 Å². The molecule has 0 unspecified atom stereocenters. The van der Waals surface area contributed by atoms with Crippen LogP contribution in [0.15, 0.2) is 53.4 Å². The van der Waals surface area contributed by atoms with E-state index in [1.807, 2.05) is 13.8 Å². The van der Waals surface area contributed by atoms with Crippen molar-refractivity contribution >= 4 is 27.5 Å². The lowest BCUT2D eigenvalue weighted by atomic mass is 9.97. The summed E-state index contributed by atoms with van der Waals surface area (Å²) in [7, 11) is -3.97. The molecule has 0 bridgehead atoms. The Bertz CT molecular complexity index is 1050. The van der Waals surface area contributed by atoms with Gasteiger partial charge in [-0.2, -0.15) is 4.72 Å². The van der Waals surface area contributed by atoms with Crippen LogP contribution in [-0.2, 0) is 19.6 Å². The smallest absolute Gasteiger partial charge is 0.270 e. The first-order chi connectivity index (χ1) is 14.9. The summed E-state index contributed by atoms with van der Waals surface area (Å²) < 4.78 is 27.8. The van der Waals surface area contributed by atoms with E-state index in [4.69, 9.17) is 0 Å². The second-order valence-corrected chi connectivity index (χ2v) is 9.56. The lowest BCUT2D eigenvalue weighted by Crippen LogP contribution is -2.58. The van der Waals surface area contributed by atoms with Crippen molar-refractivity contribution in [3.63, 3.8) is 0 Å². The molecule has 32 heavy (non-hydrogen) atoms. The topological polar surface area (TPSA) is 116 Å². The number of rotatable bonds is 8. The fourth-order valence-electron chi connectivity index (χ4n) is 2.98. The molecule has 8 nitrogen and oxygen atoms in total. The number of amides is 2. The van der Waals surface area contributed by atoms with Crippen LogP contribution in [0.5, 0.6) is 0 Å². The molecule has 174 valence electrons. The van der Waals surface area contributed by atoms with Gasteiger partial charge in [0.2, 0.25) is 10.0 Å². The van der Waals surface area contributed by atoms with Gasteiger partial charge < -0.3 is 5.11 Å². The standard InChI is InChI=1S/C23H31N3O5S/c1-6-23(29,7-2)22(28)24-26(19-12-8-16(3)9-13-19)21(27)18(5)25-32(30,31)20-14-10-17(4)11-15-20/h8-15,18,25,29H,6-7H2,1-5H3,(H,24,28)/t18-/m0/s1. The zero-order valence-electron chi connectivity index (χ0n) is 19.0. The highest BCUT2D eigenvalue weighted by Gasteiger charge is 2.35. The number of nitrogens with zero attached hydrogens (tertiary/aromatic N) is 1. The zero-order chi connectivity index (χ0) is 24.1. The van der Waals surface area contributed by atoms with E-state index in [0.717, 1.165) is 16.1 Å². The van der Waals surface area contributed by atoms with E-state index >= 15 is 0 Å². The van der Waals surface area contributed by atoms with Crippen LogP contribution in [0.1, 0.15) is 44.7 Å². The monoisotopic (exact) mass is 461 g/mol. The van der Waals surface area contributed by atoms with E-state index in [0.29, 0.717) is 5.69 Å². The molecule has 0 aliphatic carbocycles. The van der Waals surface area contributed by atoms with Crippen molar-refractivity contribution in [2.45, 2.75) is 64.0 Å². The lowest BCUT2D eigenvalue weighted by molar-refractivity contribution is -0.142. The Morgan fingerprint density at radius 2 is 1.44 bits per heavy atom. The lowest BCUT2D eigenvalue weighted by Gasteiger charge is -2.31. The number of hydrazine groups is 1. The minimum absolute atomic E-state index is 0.0278. The van der Waals surface area contributed by atoms with Gasteiger partial charge in [0.25, 0.3) is 11.8 Å². The highest BCUT2D eigenvalue weighted by atomic mass is 32.2. The number of carbonyl (C=O) groups excluding carboxylic acids is 2. The van der Waals surface area contributed by atoms with Crippen LogP contribution in [0.3, 0.4) is 0 Å². The first kappa shape index (κ1) is 25.5. The first-order valence-corrected chi connectivity index (χ1v) is 11.9. The molecule has 0 fully saturated rings. The number of aliphatic hydroxyl groups is 1. The maximum atomic E-state index is 13.2. The van der Waals surface area contributed by atoms with E-state index in [9.17, 15) is 23.1 Å². The molecule has 2 aromatic carbocycles. The van der Waals surface area contributed by atoms with Gasteiger partial charge in [0.05, 0.1) is 10.6 Å². The van der Waals surface area contributed by atoms with Gasteiger partial charge in [-0.25, -0.2) is 13.4 Å². The van der Waals surface area contributed by atoms with Crippen molar-refractivity contribution in [3.8, 4) is 0 Å². The molecule has 9 heteroatoms. The molecular weight excluding hydrogens is 430 g/mol. The Morgan fingerprint density at radius 1 is 0.969 bits per heavy atom. The maximum absolute atomic E-state index is 13.2. The number of sulfonamides is 1. The number of hydrogen-bond donors (Lipinski definition) is 3. The van der Waals surface area contributed by atoms with Crippen molar-refractivity contribution in [2.24, 2.45) is 0 Å². The first-order valence-electron chi connectivity index (χ1n) is 10.5. The Kier molecular flexibility index (Phi) is 8.17. The molecule has 0 saturated heterocycles. The van der Waals surface area contributed by atoms with E-state index in [1.54, 1.807) is 50.2 Å². The normalized spacial score (nSPS) is 12.8. The van der Waals surface area contributed by atoms with Gasteiger partial charge >= 0.3 is 0 Å². The Morgan fingerprint density at radius 3 is 1.91 bits per heavy atom. The summed E-state index contributed by atoms with van der Waals surface area (Å²) in [5.74, 6) is -1.45. The van der Waals surface area contributed by atoms with Crippen molar-refractivity contribution in [3.05, 3.63) is 59.7 Å². The summed E-state index contributed by atoms with van der Waals surface area (Å²) in [6.07, 6.45) is 0.307. The molecule has 0 aliphatic heterocycles. The Labute approximate surface area is 189 Å². The molecule has 2 amide bonds. The third-order valence-electron chi connectivity index (χ3n) is 5.35. The largest absolute Gasteiger partial charge is 0.380 e. The summed E-state index contributed by atoms with van der Waals surface area (Å²) in [5.41, 5.74) is 3.00. The van der Waals surface area contributed by atoms with Crippen LogP contribution in [0.4, 0.5) is 5.69 Å². The second-order valence-electron chi connectivity index (χ2n) is 7.84. The third kappa shape index (κ3) is 5.93. The molecule has 0 aliphatic rings. The summed E-state index contributed by atoms with van der Waals surface area (Å²) in [6.45, 7) is 8.44. The molecule has 0 radical (unpaired) electrons. The van der Waals surface area contributed by atoms with E-state index < -0.39 is 33.5 Å². The van der Waals surface area contributed by atoms with Gasteiger partial charge in [-0.1, -0.05) is 49.2 Å². The number of aryl methyl sites for hydroxylation is 2. The number of hydrogen-bond acceptors (Lipinski definition) is 5. The predicted octanol–water partition coefficient (Wildman–Crippen LogP) is 2.59. The van der Waals surface area contributed by atoms with Gasteiger partial charge in [0.15, 0.2) is 0 Å². The average molecular weight is 462 g/mol. The van der Waals surface area contributed by atoms with Crippen LogP contribution in [0, 0.1) is 13.8 Å². The van der Waals surface area contributed by atoms with E-state index in [2.05, 4.69) is 10.1 Å². The quantitative estimate of drug-likeness (QED) is 0.523. The molecule has 3 N–H and O–H groups in total. The summed E-state index contributed by atoms with van der Waals surface area (Å²) in [4.78, 5) is 26.0. The summed E-state index contributed by atoms with van der Waals surface area (Å²) in [5, 5.41) is 11.5. The second kappa shape index (κ2) is 10.2. The minimum Gasteiger partial charge on any atom is -0.380 e. The highest BCUT2D eigenvalue weighted by molar-refractivity contribution is 7.89. The van der Waals surface area contributed by atoms with Crippen molar-refractivity contribution < 1.29 is 23.1 Å². The van der Waals surface area contributed by atoms with Gasteiger partial charge in [-0.3, -0.25) is 15.0 Å². The number of nitrogens with one attached hydrogen (secondary N) is 2. The van der Waals surface area contributed by atoms with Crippen molar-refractivity contribution in [1.82, 2.24) is 10.1 Å². The molecule has 1 atom stereocenters. The van der Waals surface area contributed by atoms with E-state index in [1.165, 1.54) is 19.1 Å². The molecule has 0 spiro atoms. The van der Waals surface area contributed by atoms with E-state index in [-0.39, 0.29) is 17.7 Å². The van der Waals surface area contributed by atoms with Crippen LogP contribution >= 0.6 is 0 Å². The molecule has 2 aromatic rings.